The highest BCUT2D eigenvalue weighted by Gasteiger charge is 2.17. The second-order valence-electron chi connectivity index (χ2n) is 4.85. The Balaban J connectivity index is 2.31. The zero-order chi connectivity index (χ0) is 14.1. The second kappa shape index (κ2) is 8.67. The Kier molecular flexibility index (Phi) is 7.15. The molecule has 0 aliphatic carbocycles. The van der Waals surface area contributed by atoms with E-state index < -0.39 is 6.04 Å². The number of amides is 1. The summed E-state index contributed by atoms with van der Waals surface area (Å²) in [5, 5.41) is 3.07. The van der Waals surface area contributed by atoms with Crippen LogP contribution in [0.2, 0.25) is 0 Å². The maximum atomic E-state index is 12.0. The fourth-order valence-electron chi connectivity index (χ4n) is 1.98. The van der Waals surface area contributed by atoms with Gasteiger partial charge in [0.1, 0.15) is 0 Å². The van der Waals surface area contributed by atoms with Gasteiger partial charge in [-0.25, -0.2) is 0 Å². The van der Waals surface area contributed by atoms with E-state index in [4.69, 9.17) is 5.73 Å². The molecule has 0 saturated heterocycles. The molecule has 1 aromatic rings. The molecule has 0 aliphatic heterocycles. The van der Waals surface area contributed by atoms with Crippen LogP contribution in [0.15, 0.2) is 30.3 Å². The number of hydrogen-bond donors (Lipinski definition) is 2. The summed E-state index contributed by atoms with van der Waals surface area (Å²) in [5.74, 6) is 0.0343. The van der Waals surface area contributed by atoms with Crippen molar-refractivity contribution >= 4 is 5.91 Å². The van der Waals surface area contributed by atoms with Crippen LogP contribution >= 0.6 is 0 Å². The molecule has 0 bridgehead atoms. The van der Waals surface area contributed by atoms with Gasteiger partial charge in [-0.1, -0.05) is 30.3 Å². The zero-order valence-electron chi connectivity index (χ0n) is 11.9. The summed E-state index contributed by atoms with van der Waals surface area (Å²) in [5.41, 5.74) is 7.19. The number of benzene rings is 1. The number of carbonyl (C=O) groups excluding carboxylic acids is 1. The highest BCUT2D eigenvalue weighted by atomic mass is 16.2. The van der Waals surface area contributed by atoms with Gasteiger partial charge < -0.3 is 16.0 Å². The van der Waals surface area contributed by atoms with E-state index in [2.05, 4.69) is 17.4 Å². The normalized spacial score (nSPS) is 12.2. The summed E-state index contributed by atoms with van der Waals surface area (Å²) < 4.78 is 0. The third-order valence-electron chi connectivity index (χ3n) is 3.20. The molecule has 0 saturated carbocycles. The van der Waals surface area contributed by atoms with Gasteiger partial charge in [-0.2, -0.15) is 0 Å². The third kappa shape index (κ3) is 5.85. The standard InChI is InChI=1S/C15H25N3O/c1-17-11-6-12-18(2)15(19)14(16)10-9-13-7-4-3-5-8-13/h3-5,7-8,14,17H,6,9-12,16H2,1-2H3/t14-/m0/s1. The number of carbonyl (C=O) groups is 1. The van der Waals surface area contributed by atoms with Crippen molar-refractivity contribution in [1.29, 1.82) is 0 Å². The quantitative estimate of drug-likeness (QED) is 0.688. The van der Waals surface area contributed by atoms with Crippen LogP contribution in [0.4, 0.5) is 0 Å². The Labute approximate surface area is 116 Å². The van der Waals surface area contributed by atoms with E-state index in [0.29, 0.717) is 6.42 Å². The van der Waals surface area contributed by atoms with Gasteiger partial charge in [0.2, 0.25) is 5.91 Å². The van der Waals surface area contributed by atoms with Crippen molar-refractivity contribution < 1.29 is 4.79 Å². The number of nitrogens with one attached hydrogen (secondary N) is 1. The largest absolute Gasteiger partial charge is 0.344 e. The van der Waals surface area contributed by atoms with Gasteiger partial charge in [0.25, 0.3) is 0 Å². The van der Waals surface area contributed by atoms with Crippen LogP contribution < -0.4 is 11.1 Å². The molecule has 0 spiro atoms. The first-order valence-electron chi connectivity index (χ1n) is 6.84. The number of aryl methyl sites for hydroxylation is 1. The topological polar surface area (TPSA) is 58.4 Å². The molecule has 0 radical (unpaired) electrons. The van der Waals surface area contributed by atoms with Crippen molar-refractivity contribution in [3.05, 3.63) is 35.9 Å². The summed E-state index contributed by atoms with van der Waals surface area (Å²) >= 11 is 0. The number of likely N-dealkylation sites (N-methyl/N-ethyl adjacent to an activating group) is 1. The molecule has 0 heterocycles. The summed E-state index contributed by atoms with van der Waals surface area (Å²) in [6, 6.07) is 9.73. The molecule has 4 nitrogen and oxygen atoms in total. The molecular formula is C15H25N3O. The van der Waals surface area contributed by atoms with Crippen LogP contribution in [0.25, 0.3) is 0 Å². The fraction of sp³-hybridized carbons (Fsp3) is 0.533. The van der Waals surface area contributed by atoms with E-state index in [1.54, 1.807) is 4.90 Å². The average molecular weight is 263 g/mol. The van der Waals surface area contributed by atoms with Gasteiger partial charge in [0.05, 0.1) is 6.04 Å². The Bertz CT molecular complexity index is 367. The van der Waals surface area contributed by atoms with E-state index >= 15 is 0 Å². The van der Waals surface area contributed by atoms with E-state index in [1.807, 2.05) is 32.3 Å². The fourth-order valence-corrected chi connectivity index (χ4v) is 1.98. The first-order valence-corrected chi connectivity index (χ1v) is 6.84. The van der Waals surface area contributed by atoms with Crippen molar-refractivity contribution in [1.82, 2.24) is 10.2 Å². The van der Waals surface area contributed by atoms with Crippen LogP contribution in [0, 0.1) is 0 Å². The maximum Gasteiger partial charge on any atom is 0.239 e. The summed E-state index contributed by atoms with van der Waals surface area (Å²) in [7, 11) is 3.73. The SMILES string of the molecule is CNCCCN(C)C(=O)[C@@H](N)CCc1ccccc1. The highest BCUT2D eigenvalue weighted by molar-refractivity contribution is 5.81. The van der Waals surface area contributed by atoms with Gasteiger partial charge in [0.15, 0.2) is 0 Å². The van der Waals surface area contributed by atoms with Crippen molar-refractivity contribution in [3.8, 4) is 0 Å². The second-order valence-corrected chi connectivity index (χ2v) is 4.85. The molecule has 1 amide bonds. The molecule has 19 heavy (non-hydrogen) atoms. The maximum absolute atomic E-state index is 12.0. The highest BCUT2D eigenvalue weighted by Crippen LogP contribution is 2.05. The number of nitrogens with two attached hydrogens (primary N) is 1. The molecule has 0 unspecified atom stereocenters. The molecule has 0 fully saturated rings. The molecular weight excluding hydrogens is 238 g/mol. The van der Waals surface area contributed by atoms with E-state index in [1.165, 1.54) is 5.56 Å². The van der Waals surface area contributed by atoms with Gasteiger partial charge in [-0.05, 0) is 38.4 Å². The van der Waals surface area contributed by atoms with Crippen LogP contribution in [-0.4, -0.2) is 44.0 Å². The van der Waals surface area contributed by atoms with E-state index in [-0.39, 0.29) is 5.91 Å². The van der Waals surface area contributed by atoms with Crippen molar-refractivity contribution in [3.63, 3.8) is 0 Å². The third-order valence-corrected chi connectivity index (χ3v) is 3.20. The first kappa shape index (κ1) is 15.7. The first-order chi connectivity index (χ1) is 9.15. The van der Waals surface area contributed by atoms with E-state index in [9.17, 15) is 4.79 Å². The zero-order valence-corrected chi connectivity index (χ0v) is 11.9. The molecule has 4 heteroatoms. The summed E-state index contributed by atoms with van der Waals surface area (Å²) in [6.07, 6.45) is 2.49. The van der Waals surface area contributed by atoms with Crippen LogP contribution in [0.5, 0.6) is 0 Å². The van der Waals surface area contributed by atoms with Gasteiger partial charge in [0, 0.05) is 13.6 Å². The Morgan fingerprint density at radius 1 is 1.37 bits per heavy atom. The lowest BCUT2D eigenvalue weighted by Crippen LogP contribution is -2.42. The lowest BCUT2D eigenvalue weighted by Gasteiger charge is -2.21. The lowest BCUT2D eigenvalue weighted by molar-refractivity contribution is -0.131. The minimum Gasteiger partial charge on any atom is -0.344 e. The summed E-state index contributed by atoms with van der Waals surface area (Å²) in [4.78, 5) is 13.8. The lowest BCUT2D eigenvalue weighted by atomic mass is 10.1. The van der Waals surface area contributed by atoms with Gasteiger partial charge in [-0.15, -0.1) is 0 Å². The number of hydrogen-bond acceptors (Lipinski definition) is 3. The average Bonchev–Trinajstić information content (AvgIpc) is 2.45. The molecule has 0 aromatic heterocycles. The van der Waals surface area contributed by atoms with Crippen molar-refractivity contribution in [2.75, 3.05) is 27.2 Å². The molecule has 3 N–H and O–H groups in total. The van der Waals surface area contributed by atoms with Crippen molar-refractivity contribution in [2.24, 2.45) is 5.73 Å². The Morgan fingerprint density at radius 3 is 2.68 bits per heavy atom. The molecule has 106 valence electrons. The van der Waals surface area contributed by atoms with Crippen LogP contribution in [0.1, 0.15) is 18.4 Å². The molecule has 1 rings (SSSR count). The van der Waals surface area contributed by atoms with E-state index in [0.717, 1.165) is 25.9 Å². The van der Waals surface area contributed by atoms with Crippen LogP contribution in [-0.2, 0) is 11.2 Å². The molecule has 0 aliphatic rings. The Morgan fingerprint density at radius 2 is 2.05 bits per heavy atom. The Hall–Kier alpha value is -1.39. The van der Waals surface area contributed by atoms with Gasteiger partial charge in [-0.3, -0.25) is 4.79 Å². The van der Waals surface area contributed by atoms with Gasteiger partial charge >= 0.3 is 0 Å². The van der Waals surface area contributed by atoms with Crippen LogP contribution in [0.3, 0.4) is 0 Å². The predicted molar refractivity (Wildman–Crippen MR) is 78.9 cm³/mol. The van der Waals surface area contributed by atoms with Crippen molar-refractivity contribution in [2.45, 2.75) is 25.3 Å². The number of nitrogens with zero attached hydrogens (tertiary/aromatic N) is 1. The number of rotatable bonds is 8. The molecule has 1 aromatic carbocycles. The minimum absolute atomic E-state index is 0.0343. The monoisotopic (exact) mass is 263 g/mol. The minimum atomic E-state index is -0.403. The molecule has 1 atom stereocenters. The summed E-state index contributed by atoms with van der Waals surface area (Å²) in [6.45, 7) is 1.66. The predicted octanol–water partition coefficient (Wildman–Crippen LogP) is 1.01. The smallest absolute Gasteiger partial charge is 0.239 e.